The first-order valence-corrected chi connectivity index (χ1v) is 6.54. The Hall–Kier alpha value is -1.15. The number of hydrogen-bond donors (Lipinski definition) is 2. The van der Waals surface area contributed by atoms with Crippen LogP contribution in [0, 0.1) is 0 Å². The molecule has 0 bridgehead atoms. The summed E-state index contributed by atoms with van der Waals surface area (Å²) in [5.41, 5.74) is 0.437. The fourth-order valence-electron chi connectivity index (χ4n) is 2.72. The molecule has 2 aliphatic rings. The van der Waals surface area contributed by atoms with Crippen LogP contribution in [-0.4, -0.2) is 54.2 Å². The number of pyridine rings is 1. The standard InChI is InChI=1S/C12H17BN2O4/c16-13(17)10-2-1-5-14-11(10)15-6-3-12(4-7-15)18-8-9-19-12/h1-2,5,16-17H,3-4,6-9H2. The van der Waals surface area contributed by atoms with E-state index in [0.29, 0.717) is 24.5 Å². The molecule has 1 aromatic rings. The molecule has 0 unspecified atom stereocenters. The molecule has 0 aromatic carbocycles. The zero-order chi connectivity index (χ0) is 13.3. The van der Waals surface area contributed by atoms with Crippen molar-refractivity contribution in [2.24, 2.45) is 0 Å². The van der Waals surface area contributed by atoms with Gasteiger partial charge in [0, 0.05) is 37.6 Å². The molecule has 0 amide bonds. The summed E-state index contributed by atoms with van der Waals surface area (Å²) in [6.07, 6.45) is 3.20. The molecule has 1 spiro atoms. The van der Waals surface area contributed by atoms with Gasteiger partial charge < -0.3 is 24.4 Å². The van der Waals surface area contributed by atoms with Crippen molar-refractivity contribution in [1.82, 2.24) is 4.98 Å². The van der Waals surface area contributed by atoms with Gasteiger partial charge >= 0.3 is 7.12 Å². The van der Waals surface area contributed by atoms with Crippen LogP contribution in [-0.2, 0) is 9.47 Å². The van der Waals surface area contributed by atoms with Gasteiger partial charge in [-0.1, -0.05) is 6.07 Å². The molecule has 1 aromatic heterocycles. The van der Waals surface area contributed by atoms with E-state index in [1.807, 2.05) is 4.90 Å². The predicted molar refractivity (Wildman–Crippen MR) is 70.1 cm³/mol. The molecule has 3 rings (SSSR count). The Morgan fingerprint density at radius 3 is 2.53 bits per heavy atom. The number of hydrogen-bond acceptors (Lipinski definition) is 6. The maximum Gasteiger partial charge on any atom is 0.492 e. The maximum atomic E-state index is 9.38. The van der Waals surface area contributed by atoms with E-state index >= 15 is 0 Å². The molecule has 0 aliphatic carbocycles. The van der Waals surface area contributed by atoms with E-state index in [2.05, 4.69) is 4.98 Å². The Bertz CT molecular complexity index is 441. The first-order valence-electron chi connectivity index (χ1n) is 6.54. The van der Waals surface area contributed by atoms with Gasteiger partial charge in [-0.05, 0) is 6.07 Å². The number of aromatic nitrogens is 1. The minimum Gasteiger partial charge on any atom is -0.423 e. The minimum absolute atomic E-state index is 0.427. The highest BCUT2D eigenvalue weighted by atomic mass is 16.7. The summed E-state index contributed by atoms with van der Waals surface area (Å²) in [5.74, 6) is 0.203. The van der Waals surface area contributed by atoms with Gasteiger partial charge in [-0.15, -0.1) is 0 Å². The lowest BCUT2D eigenvalue weighted by molar-refractivity contribution is -0.169. The summed E-state index contributed by atoms with van der Waals surface area (Å²) in [6.45, 7) is 2.78. The van der Waals surface area contributed by atoms with Crippen molar-refractivity contribution in [1.29, 1.82) is 0 Å². The van der Waals surface area contributed by atoms with Crippen LogP contribution < -0.4 is 10.4 Å². The van der Waals surface area contributed by atoms with Crippen LogP contribution in [0.4, 0.5) is 5.82 Å². The van der Waals surface area contributed by atoms with E-state index < -0.39 is 12.9 Å². The van der Waals surface area contributed by atoms with Gasteiger partial charge in [-0.2, -0.15) is 0 Å². The number of rotatable bonds is 2. The normalized spacial score (nSPS) is 21.9. The van der Waals surface area contributed by atoms with E-state index in [4.69, 9.17) is 9.47 Å². The van der Waals surface area contributed by atoms with Crippen molar-refractivity contribution >= 4 is 18.4 Å². The van der Waals surface area contributed by atoms with E-state index in [1.165, 1.54) is 0 Å². The lowest BCUT2D eigenvalue weighted by Gasteiger charge is -2.38. The number of nitrogens with zero attached hydrogens (tertiary/aromatic N) is 2. The van der Waals surface area contributed by atoms with Gasteiger partial charge in [-0.25, -0.2) is 4.98 Å². The van der Waals surface area contributed by atoms with Gasteiger partial charge in [0.2, 0.25) is 0 Å². The molecule has 102 valence electrons. The zero-order valence-electron chi connectivity index (χ0n) is 10.7. The van der Waals surface area contributed by atoms with Crippen LogP contribution in [0.25, 0.3) is 0 Å². The Balaban J connectivity index is 1.75. The molecule has 0 radical (unpaired) electrons. The Labute approximate surface area is 112 Å². The molecule has 2 saturated heterocycles. The first-order chi connectivity index (χ1) is 9.20. The van der Waals surface area contributed by atoms with Gasteiger partial charge in [-0.3, -0.25) is 0 Å². The maximum absolute atomic E-state index is 9.38. The highest BCUT2D eigenvalue weighted by molar-refractivity contribution is 6.60. The predicted octanol–water partition coefficient (Wildman–Crippen LogP) is -0.895. The Kier molecular flexibility index (Phi) is 3.45. The van der Waals surface area contributed by atoms with E-state index in [9.17, 15) is 10.0 Å². The van der Waals surface area contributed by atoms with Crippen LogP contribution in [0.3, 0.4) is 0 Å². The molecule has 2 N–H and O–H groups in total. The summed E-state index contributed by atoms with van der Waals surface area (Å²) in [6, 6.07) is 3.38. The quantitative estimate of drug-likeness (QED) is 0.675. The molecule has 3 heterocycles. The number of piperidine rings is 1. The van der Waals surface area contributed by atoms with Crippen LogP contribution in [0.1, 0.15) is 12.8 Å². The molecule has 0 atom stereocenters. The van der Waals surface area contributed by atoms with Crippen molar-refractivity contribution in [2.75, 3.05) is 31.2 Å². The van der Waals surface area contributed by atoms with Gasteiger partial charge in [0.05, 0.1) is 13.2 Å². The van der Waals surface area contributed by atoms with Crippen LogP contribution in [0.5, 0.6) is 0 Å². The van der Waals surface area contributed by atoms with Gasteiger partial charge in [0.1, 0.15) is 5.82 Å². The van der Waals surface area contributed by atoms with E-state index in [-0.39, 0.29) is 0 Å². The minimum atomic E-state index is -1.50. The van der Waals surface area contributed by atoms with E-state index in [0.717, 1.165) is 25.9 Å². The number of ether oxygens (including phenoxy) is 2. The van der Waals surface area contributed by atoms with E-state index in [1.54, 1.807) is 18.3 Å². The Morgan fingerprint density at radius 1 is 1.21 bits per heavy atom. The first kappa shape index (κ1) is 12.9. The molecule has 19 heavy (non-hydrogen) atoms. The summed E-state index contributed by atoms with van der Waals surface area (Å²) in [7, 11) is -1.50. The topological polar surface area (TPSA) is 75.1 Å². The highest BCUT2D eigenvalue weighted by Gasteiger charge is 2.40. The second-order valence-corrected chi connectivity index (χ2v) is 4.88. The SMILES string of the molecule is OB(O)c1cccnc1N1CCC2(CC1)OCCO2. The molecule has 6 nitrogen and oxygen atoms in total. The monoisotopic (exact) mass is 264 g/mol. The average Bonchev–Trinajstić information content (AvgIpc) is 2.88. The van der Waals surface area contributed by atoms with Crippen molar-refractivity contribution in [3.63, 3.8) is 0 Å². The van der Waals surface area contributed by atoms with Crippen LogP contribution in [0.2, 0.25) is 0 Å². The molecule has 0 saturated carbocycles. The zero-order valence-corrected chi connectivity index (χ0v) is 10.7. The molecular weight excluding hydrogens is 247 g/mol. The molecular formula is C12H17BN2O4. The number of anilines is 1. The summed E-state index contributed by atoms with van der Waals surface area (Å²) < 4.78 is 11.4. The van der Waals surface area contributed by atoms with Gasteiger partial charge in [0.15, 0.2) is 5.79 Å². The second-order valence-electron chi connectivity index (χ2n) is 4.88. The second kappa shape index (κ2) is 5.09. The fourth-order valence-corrected chi connectivity index (χ4v) is 2.72. The molecule has 2 aliphatic heterocycles. The van der Waals surface area contributed by atoms with Crippen molar-refractivity contribution in [3.05, 3.63) is 18.3 Å². The summed E-state index contributed by atoms with van der Waals surface area (Å²) >= 11 is 0. The molecule has 7 heteroatoms. The van der Waals surface area contributed by atoms with Crippen molar-refractivity contribution in [3.8, 4) is 0 Å². The third kappa shape index (κ3) is 2.46. The highest BCUT2D eigenvalue weighted by Crippen LogP contribution is 2.32. The largest absolute Gasteiger partial charge is 0.492 e. The van der Waals surface area contributed by atoms with Crippen LogP contribution in [0.15, 0.2) is 18.3 Å². The lowest BCUT2D eigenvalue weighted by Crippen LogP contribution is -2.48. The average molecular weight is 264 g/mol. The van der Waals surface area contributed by atoms with Crippen LogP contribution >= 0.6 is 0 Å². The third-order valence-corrected chi connectivity index (χ3v) is 3.73. The lowest BCUT2D eigenvalue weighted by atomic mass is 9.80. The molecule has 2 fully saturated rings. The Morgan fingerprint density at radius 2 is 1.89 bits per heavy atom. The fraction of sp³-hybridized carbons (Fsp3) is 0.583. The van der Waals surface area contributed by atoms with Crippen molar-refractivity contribution in [2.45, 2.75) is 18.6 Å². The van der Waals surface area contributed by atoms with Crippen molar-refractivity contribution < 1.29 is 19.5 Å². The van der Waals surface area contributed by atoms with Gasteiger partial charge in [0.25, 0.3) is 0 Å². The smallest absolute Gasteiger partial charge is 0.423 e. The third-order valence-electron chi connectivity index (χ3n) is 3.73. The summed E-state index contributed by atoms with van der Waals surface area (Å²) in [5, 5.41) is 18.8. The summed E-state index contributed by atoms with van der Waals surface area (Å²) in [4.78, 5) is 6.31.